The van der Waals surface area contributed by atoms with Crippen LogP contribution in [0.15, 0.2) is 65.9 Å². The summed E-state index contributed by atoms with van der Waals surface area (Å²) < 4.78 is 1.79. The molecule has 0 unspecified atom stereocenters. The summed E-state index contributed by atoms with van der Waals surface area (Å²) >= 11 is 6.13. The summed E-state index contributed by atoms with van der Waals surface area (Å²) in [5.74, 6) is 0.0904. The van der Waals surface area contributed by atoms with Crippen molar-refractivity contribution in [3.8, 4) is 16.9 Å². The fourth-order valence-electron chi connectivity index (χ4n) is 2.66. The summed E-state index contributed by atoms with van der Waals surface area (Å²) in [6.07, 6.45) is 5.41. The first kappa shape index (κ1) is 16.5. The van der Waals surface area contributed by atoms with Crippen LogP contribution in [-0.2, 0) is 4.79 Å². The minimum Gasteiger partial charge on any atom is -0.273 e. The molecule has 0 radical (unpaired) electrons. The summed E-state index contributed by atoms with van der Waals surface area (Å²) in [7, 11) is 0. The van der Waals surface area contributed by atoms with E-state index in [9.17, 15) is 4.79 Å². The minimum absolute atomic E-state index is 0.0268. The standard InChI is InChI=1S/C20H17ClN4O/c21-17-6-4-5-15(11-17)19-16(12-22-23-20(26)14-9-10-14)13-25(24-19)18-7-2-1-3-8-18/h1-8,11-14H,9-10H2,(H,23,26)/b22-12-. The molecule has 4 rings (SSSR count). The van der Waals surface area contributed by atoms with E-state index < -0.39 is 0 Å². The predicted octanol–water partition coefficient (Wildman–Crippen LogP) is 4.05. The van der Waals surface area contributed by atoms with Crippen molar-refractivity contribution in [2.45, 2.75) is 12.8 Å². The molecule has 0 atom stereocenters. The van der Waals surface area contributed by atoms with E-state index in [1.807, 2.05) is 60.8 Å². The van der Waals surface area contributed by atoms with Crippen molar-refractivity contribution in [3.05, 3.63) is 71.4 Å². The molecule has 1 heterocycles. The summed E-state index contributed by atoms with van der Waals surface area (Å²) in [4.78, 5) is 11.8. The molecular formula is C20H17ClN4O. The number of nitrogens with one attached hydrogen (secondary N) is 1. The number of hydrazone groups is 1. The van der Waals surface area contributed by atoms with Gasteiger partial charge in [0.2, 0.25) is 5.91 Å². The Bertz CT molecular complexity index is 961. The molecule has 1 saturated carbocycles. The lowest BCUT2D eigenvalue weighted by atomic mass is 10.1. The Labute approximate surface area is 156 Å². The fourth-order valence-corrected chi connectivity index (χ4v) is 2.85. The average molecular weight is 365 g/mol. The van der Waals surface area contributed by atoms with E-state index >= 15 is 0 Å². The molecule has 1 aliphatic carbocycles. The van der Waals surface area contributed by atoms with Crippen molar-refractivity contribution < 1.29 is 4.79 Å². The molecule has 1 fully saturated rings. The van der Waals surface area contributed by atoms with Gasteiger partial charge in [-0.15, -0.1) is 0 Å². The largest absolute Gasteiger partial charge is 0.273 e. The Kier molecular flexibility index (Phi) is 4.54. The van der Waals surface area contributed by atoms with Crippen LogP contribution < -0.4 is 5.43 Å². The number of halogens is 1. The number of benzene rings is 2. The van der Waals surface area contributed by atoms with Gasteiger partial charge in [-0.1, -0.05) is 41.9 Å². The van der Waals surface area contributed by atoms with Crippen LogP contribution in [0.25, 0.3) is 16.9 Å². The van der Waals surface area contributed by atoms with E-state index in [2.05, 4.69) is 10.5 Å². The van der Waals surface area contributed by atoms with Crippen molar-refractivity contribution in [3.63, 3.8) is 0 Å². The molecule has 6 heteroatoms. The summed E-state index contributed by atoms with van der Waals surface area (Å²) in [6.45, 7) is 0. The normalized spacial score (nSPS) is 13.9. The van der Waals surface area contributed by atoms with Crippen LogP contribution in [0.4, 0.5) is 0 Å². The number of amides is 1. The number of nitrogens with zero attached hydrogens (tertiary/aromatic N) is 3. The van der Waals surface area contributed by atoms with Gasteiger partial charge in [-0.25, -0.2) is 10.1 Å². The van der Waals surface area contributed by atoms with Crippen LogP contribution in [0.3, 0.4) is 0 Å². The molecule has 1 N–H and O–H groups in total. The third kappa shape index (κ3) is 3.68. The van der Waals surface area contributed by atoms with Crippen molar-refractivity contribution in [1.29, 1.82) is 0 Å². The van der Waals surface area contributed by atoms with Crippen LogP contribution >= 0.6 is 11.6 Å². The highest BCUT2D eigenvalue weighted by Gasteiger charge is 2.29. The van der Waals surface area contributed by atoms with Gasteiger partial charge >= 0.3 is 0 Å². The van der Waals surface area contributed by atoms with Crippen LogP contribution in [0.5, 0.6) is 0 Å². The van der Waals surface area contributed by atoms with Gasteiger partial charge in [-0.2, -0.15) is 10.2 Å². The van der Waals surface area contributed by atoms with E-state index in [1.54, 1.807) is 10.9 Å². The molecule has 0 saturated heterocycles. The number of aromatic nitrogens is 2. The second-order valence-corrected chi connectivity index (χ2v) is 6.67. The molecule has 0 aliphatic heterocycles. The summed E-state index contributed by atoms with van der Waals surface area (Å²) in [5.41, 5.74) is 5.98. The van der Waals surface area contributed by atoms with Crippen molar-refractivity contribution in [2.75, 3.05) is 0 Å². The first-order valence-electron chi connectivity index (χ1n) is 8.44. The number of hydrogen-bond donors (Lipinski definition) is 1. The van der Waals surface area contributed by atoms with Crippen LogP contribution in [0.2, 0.25) is 5.02 Å². The van der Waals surface area contributed by atoms with Gasteiger partial charge in [0.15, 0.2) is 0 Å². The van der Waals surface area contributed by atoms with Crippen molar-refractivity contribution >= 4 is 23.7 Å². The van der Waals surface area contributed by atoms with Gasteiger partial charge in [0.25, 0.3) is 0 Å². The van der Waals surface area contributed by atoms with Crippen molar-refractivity contribution in [1.82, 2.24) is 15.2 Å². The van der Waals surface area contributed by atoms with Gasteiger partial charge in [0.05, 0.1) is 11.9 Å². The molecular weight excluding hydrogens is 348 g/mol. The first-order valence-corrected chi connectivity index (χ1v) is 8.82. The van der Waals surface area contributed by atoms with E-state index in [0.717, 1.165) is 35.3 Å². The zero-order valence-corrected chi connectivity index (χ0v) is 14.7. The number of carbonyl (C=O) groups is 1. The Balaban J connectivity index is 1.69. The smallest absolute Gasteiger partial charge is 0.243 e. The highest BCUT2D eigenvalue weighted by Crippen LogP contribution is 2.29. The second kappa shape index (κ2) is 7.14. The van der Waals surface area contributed by atoms with Gasteiger partial charge in [0.1, 0.15) is 5.69 Å². The molecule has 1 aliphatic rings. The lowest BCUT2D eigenvalue weighted by Crippen LogP contribution is -2.18. The predicted molar refractivity (Wildman–Crippen MR) is 102 cm³/mol. The quantitative estimate of drug-likeness (QED) is 0.548. The Morgan fingerprint density at radius 2 is 2.00 bits per heavy atom. The zero-order valence-electron chi connectivity index (χ0n) is 14.0. The van der Waals surface area contributed by atoms with Gasteiger partial charge < -0.3 is 0 Å². The molecule has 26 heavy (non-hydrogen) atoms. The average Bonchev–Trinajstić information content (AvgIpc) is 3.43. The topological polar surface area (TPSA) is 59.3 Å². The summed E-state index contributed by atoms with van der Waals surface area (Å²) in [5, 5.41) is 9.44. The SMILES string of the molecule is O=C(N/N=C\c1cn(-c2ccccc2)nc1-c1cccc(Cl)c1)C1CC1. The lowest BCUT2D eigenvalue weighted by Gasteiger charge is -2.01. The van der Waals surface area contributed by atoms with E-state index in [0.29, 0.717) is 5.02 Å². The first-order chi connectivity index (χ1) is 12.7. The van der Waals surface area contributed by atoms with E-state index in [4.69, 9.17) is 16.7 Å². The van der Waals surface area contributed by atoms with Gasteiger partial charge in [0, 0.05) is 28.3 Å². The fraction of sp³-hybridized carbons (Fsp3) is 0.150. The number of hydrogen-bond acceptors (Lipinski definition) is 3. The van der Waals surface area contributed by atoms with Crippen molar-refractivity contribution in [2.24, 2.45) is 11.0 Å². The molecule has 1 aromatic heterocycles. The highest BCUT2D eigenvalue weighted by molar-refractivity contribution is 6.30. The summed E-state index contributed by atoms with van der Waals surface area (Å²) in [6, 6.07) is 17.3. The zero-order chi connectivity index (χ0) is 17.9. The number of rotatable bonds is 5. The maximum Gasteiger partial charge on any atom is 0.243 e. The molecule has 2 aromatic carbocycles. The van der Waals surface area contributed by atoms with Crippen LogP contribution in [0.1, 0.15) is 18.4 Å². The van der Waals surface area contributed by atoms with E-state index in [1.165, 1.54) is 0 Å². The Hall–Kier alpha value is -2.92. The monoisotopic (exact) mass is 364 g/mol. The molecule has 1 amide bonds. The Morgan fingerprint density at radius 3 is 2.73 bits per heavy atom. The number of para-hydroxylation sites is 1. The number of carbonyl (C=O) groups excluding carboxylic acids is 1. The van der Waals surface area contributed by atoms with Gasteiger partial charge in [-0.05, 0) is 37.1 Å². The molecule has 0 bridgehead atoms. The van der Waals surface area contributed by atoms with Crippen LogP contribution in [-0.4, -0.2) is 21.9 Å². The molecule has 0 spiro atoms. The molecule has 3 aromatic rings. The molecule has 130 valence electrons. The second-order valence-electron chi connectivity index (χ2n) is 6.23. The lowest BCUT2D eigenvalue weighted by molar-refractivity contribution is -0.122. The Morgan fingerprint density at radius 1 is 1.19 bits per heavy atom. The van der Waals surface area contributed by atoms with Crippen LogP contribution in [0, 0.1) is 5.92 Å². The highest BCUT2D eigenvalue weighted by atomic mass is 35.5. The third-order valence-corrected chi connectivity index (χ3v) is 4.42. The maximum absolute atomic E-state index is 11.8. The van der Waals surface area contributed by atoms with E-state index in [-0.39, 0.29) is 11.8 Å². The minimum atomic E-state index is -0.0268. The molecule has 5 nitrogen and oxygen atoms in total. The maximum atomic E-state index is 11.8. The third-order valence-electron chi connectivity index (χ3n) is 4.19. The van der Waals surface area contributed by atoms with Gasteiger partial charge in [-0.3, -0.25) is 4.79 Å².